The minimum atomic E-state index is -1.36. The van der Waals surface area contributed by atoms with Crippen molar-refractivity contribution < 1.29 is 22.7 Å². The second-order valence-electron chi connectivity index (χ2n) is 5.22. The summed E-state index contributed by atoms with van der Waals surface area (Å²) in [6.07, 6.45) is 0. The molecule has 3 aromatic rings. The highest BCUT2D eigenvalue weighted by Gasteiger charge is 2.22. The van der Waals surface area contributed by atoms with Crippen molar-refractivity contribution in [1.29, 1.82) is 0 Å². The van der Waals surface area contributed by atoms with Crippen LogP contribution in [0.2, 0.25) is 0 Å². The Hall–Kier alpha value is -3.10. The number of benzene rings is 1. The van der Waals surface area contributed by atoms with E-state index in [0.29, 0.717) is 17.8 Å². The van der Waals surface area contributed by atoms with Crippen LogP contribution in [0.25, 0.3) is 16.9 Å². The summed E-state index contributed by atoms with van der Waals surface area (Å²) in [5.74, 6) is -4.44. The molecule has 25 heavy (non-hydrogen) atoms. The van der Waals surface area contributed by atoms with Gasteiger partial charge >= 0.3 is 5.97 Å². The number of H-pyrrole nitrogens is 1. The second-order valence-corrected chi connectivity index (χ2v) is 5.22. The van der Waals surface area contributed by atoms with E-state index in [4.69, 9.17) is 4.74 Å². The highest BCUT2D eigenvalue weighted by atomic mass is 19.2. The fraction of sp³-hybridized carbons (Fsp3) is 0.188. The summed E-state index contributed by atoms with van der Waals surface area (Å²) in [6.45, 7) is 3.26. The minimum Gasteiger partial charge on any atom is -0.462 e. The van der Waals surface area contributed by atoms with Crippen LogP contribution in [0.15, 0.2) is 23.0 Å². The number of aryl methyl sites for hydroxylation is 1. The molecule has 2 aromatic heterocycles. The largest absolute Gasteiger partial charge is 0.462 e. The lowest BCUT2D eigenvalue weighted by Crippen LogP contribution is -2.15. The van der Waals surface area contributed by atoms with Crippen LogP contribution in [0.4, 0.5) is 13.2 Å². The molecular weight excluding hydrogens is 339 g/mol. The Labute approximate surface area is 138 Å². The molecule has 0 unspecified atom stereocenters. The van der Waals surface area contributed by atoms with Gasteiger partial charge in [-0.3, -0.25) is 9.89 Å². The predicted molar refractivity (Wildman–Crippen MR) is 81.8 cm³/mol. The Bertz CT molecular complexity index is 1060. The number of hydrogen-bond acceptors (Lipinski definition) is 4. The number of carbonyl (C=O) groups excluding carboxylic acids is 1. The first kappa shape index (κ1) is 16.7. The molecule has 1 aromatic carbocycles. The fourth-order valence-electron chi connectivity index (χ4n) is 2.45. The van der Waals surface area contributed by atoms with Gasteiger partial charge in [-0.05, 0) is 19.9 Å². The maximum absolute atomic E-state index is 14.0. The summed E-state index contributed by atoms with van der Waals surface area (Å²) in [5.41, 5.74) is -1.04. The lowest BCUT2D eigenvalue weighted by molar-refractivity contribution is 0.0527. The molecule has 0 amide bonds. The summed E-state index contributed by atoms with van der Waals surface area (Å²) >= 11 is 0. The van der Waals surface area contributed by atoms with E-state index in [1.165, 1.54) is 6.92 Å². The van der Waals surface area contributed by atoms with E-state index >= 15 is 0 Å². The number of aromatic nitrogens is 3. The van der Waals surface area contributed by atoms with Crippen molar-refractivity contribution in [3.63, 3.8) is 0 Å². The molecule has 130 valence electrons. The van der Waals surface area contributed by atoms with E-state index in [0.717, 1.165) is 10.6 Å². The summed E-state index contributed by atoms with van der Waals surface area (Å²) in [7, 11) is 0. The highest BCUT2D eigenvalue weighted by Crippen LogP contribution is 2.24. The van der Waals surface area contributed by atoms with Crippen LogP contribution in [0.3, 0.4) is 0 Å². The number of fused-ring (bicyclic) bond motifs is 1. The van der Waals surface area contributed by atoms with E-state index in [1.54, 1.807) is 6.92 Å². The van der Waals surface area contributed by atoms with Gasteiger partial charge in [-0.25, -0.2) is 27.5 Å². The summed E-state index contributed by atoms with van der Waals surface area (Å²) < 4.78 is 46.4. The van der Waals surface area contributed by atoms with Crippen LogP contribution in [-0.2, 0) is 4.74 Å². The third-order valence-corrected chi connectivity index (χ3v) is 3.56. The zero-order valence-corrected chi connectivity index (χ0v) is 13.2. The van der Waals surface area contributed by atoms with Gasteiger partial charge in [0, 0.05) is 23.4 Å². The van der Waals surface area contributed by atoms with Gasteiger partial charge in [0.15, 0.2) is 17.3 Å². The predicted octanol–water partition coefficient (Wildman–Crippen LogP) is 2.59. The monoisotopic (exact) mass is 351 g/mol. The highest BCUT2D eigenvalue weighted by molar-refractivity contribution is 5.97. The van der Waals surface area contributed by atoms with Gasteiger partial charge in [-0.1, -0.05) is 0 Å². The molecule has 0 saturated heterocycles. The zero-order valence-electron chi connectivity index (χ0n) is 13.2. The Balaban J connectivity index is 2.29. The topological polar surface area (TPSA) is 76.5 Å². The number of nitrogens with one attached hydrogen (secondary N) is 1. The van der Waals surface area contributed by atoms with Gasteiger partial charge in [-0.15, -0.1) is 0 Å². The fourth-order valence-corrected chi connectivity index (χ4v) is 2.45. The Morgan fingerprint density at radius 1 is 1.20 bits per heavy atom. The van der Waals surface area contributed by atoms with Gasteiger partial charge in [0.25, 0.3) is 5.56 Å². The van der Waals surface area contributed by atoms with Gasteiger partial charge in [0.1, 0.15) is 11.4 Å². The van der Waals surface area contributed by atoms with E-state index in [-0.39, 0.29) is 23.5 Å². The third-order valence-electron chi connectivity index (χ3n) is 3.56. The van der Waals surface area contributed by atoms with E-state index < -0.39 is 34.5 Å². The molecule has 9 heteroatoms. The minimum absolute atomic E-state index is 0.00351. The molecule has 0 aliphatic carbocycles. The summed E-state index contributed by atoms with van der Waals surface area (Å²) in [4.78, 5) is 28.4. The number of hydrogen-bond donors (Lipinski definition) is 1. The van der Waals surface area contributed by atoms with Crippen molar-refractivity contribution in [3.8, 4) is 11.3 Å². The van der Waals surface area contributed by atoms with Crippen molar-refractivity contribution in [2.75, 3.05) is 6.61 Å². The molecule has 2 heterocycles. The van der Waals surface area contributed by atoms with Crippen molar-refractivity contribution >= 4 is 11.6 Å². The molecule has 0 spiro atoms. The third kappa shape index (κ3) is 2.77. The van der Waals surface area contributed by atoms with Crippen LogP contribution < -0.4 is 5.56 Å². The van der Waals surface area contributed by atoms with Crippen LogP contribution >= 0.6 is 0 Å². The van der Waals surface area contributed by atoms with Crippen LogP contribution in [0.1, 0.15) is 23.0 Å². The van der Waals surface area contributed by atoms with Crippen molar-refractivity contribution in [2.45, 2.75) is 13.8 Å². The first-order valence-corrected chi connectivity index (χ1v) is 7.28. The Morgan fingerprint density at radius 3 is 2.56 bits per heavy atom. The number of carbonyl (C=O) groups is 1. The number of ether oxygens (including phenoxy) is 1. The maximum Gasteiger partial charge on any atom is 0.343 e. The van der Waals surface area contributed by atoms with Crippen LogP contribution in [0, 0.1) is 24.4 Å². The number of nitrogens with zero attached hydrogens (tertiary/aromatic N) is 2. The normalized spacial score (nSPS) is 11.1. The van der Waals surface area contributed by atoms with Gasteiger partial charge in [0.05, 0.1) is 12.3 Å². The zero-order chi connectivity index (χ0) is 18.3. The molecule has 0 fully saturated rings. The van der Waals surface area contributed by atoms with E-state index in [9.17, 15) is 22.8 Å². The maximum atomic E-state index is 14.0. The molecule has 0 atom stereocenters. The molecule has 0 aliphatic heterocycles. The number of halogens is 3. The van der Waals surface area contributed by atoms with Gasteiger partial charge < -0.3 is 4.74 Å². The van der Waals surface area contributed by atoms with Crippen molar-refractivity contribution in [3.05, 3.63) is 57.3 Å². The second kappa shape index (κ2) is 6.08. The molecule has 0 aliphatic rings. The molecule has 0 saturated carbocycles. The quantitative estimate of drug-likeness (QED) is 0.581. The summed E-state index contributed by atoms with van der Waals surface area (Å²) in [5, 5.41) is 2.66. The molecular formula is C16H12F3N3O3. The average molecular weight is 351 g/mol. The van der Waals surface area contributed by atoms with Crippen molar-refractivity contribution in [1.82, 2.24) is 14.6 Å². The number of esters is 1. The van der Waals surface area contributed by atoms with Gasteiger partial charge in [-0.2, -0.15) is 0 Å². The molecule has 6 nitrogen and oxygen atoms in total. The first-order chi connectivity index (χ1) is 11.8. The SMILES string of the molecule is CCOC(=O)c1c(C)[nH]n2c(=O)cc(-c3cc(F)c(F)cc3F)nc12. The molecule has 0 bridgehead atoms. The summed E-state index contributed by atoms with van der Waals surface area (Å²) in [6, 6.07) is 1.92. The standard InChI is InChI=1S/C16H12F3N3O3/c1-3-25-16(24)14-7(2)21-22-13(23)6-12(20-15(14)22)8-4-10(18)11(19)5-9(8)17/h4-6,21H,3H2,1-2H3. The molecule has 0 radical (unpaired) electrons. The first-order valence-electron chi connectivity index (χ1n) is 7.28. The number of aromatic amines is 1. The van der Waals surface area contributed by atoms with Crippen LogP contribution in [-0.4, -0.2) is 27.2 Å². The Morgan fingerprint density at radius 2 is 1.88 bits per heavy atom. The number of rotatable bonds is 3. The average Bonchev–Trinajstić information content (AvgIpc) is 2.88. The van der Waals surface area contributed by atoms with Gasteiger partial charge in [0.2, 0.25) is 0 Å². The smallest absolute Gasteiger partial charge is 0.343 e. The molecule has 3 rings (SSSR count). The van der Waals surface area contributed by atoms with Crippen molar-refractivity contribution in [2.24, 2.45) is 0 Å². The van der Waals surface area contributed by atoms with E-state index in [2.05, 4.69) is 10.1 Å². The van der Waals surface area contributed by atoms with Crippen LogP contribution in [0.5, 0.6) is 0 Å². The Kier molecular flexibility index (Phi) is 4.07. The molecule has 1 N–H and O–H groups in total. The van der Waals surface area contributed by atoms with E-state index in [1.807, 2.05) is 0 Å². The lowest BCUT2D eigenvalue weighted by atomic mass is 10.1. The lowest BCUT2D eigenvalue weighted by Gasteiger charge is -2.05.